The third-order valence-corrected chi connectivity index (χ3v) is 3.67. The third kappa shape index (κ3) is 5.56. The number of rotatable bonds is 7. The van der Waals surface area contributed by atoms with Gasteiger partial charge in [0, 0.05) is 30.1 Å². The molecule has 0 aliphatic heterocycles. The lowest BCUT2D eigenvalue weighted by Gasteiger charge is -2.26. The number of aromatic nitrogens is 1. The molecule has 20 heavy (non-hydrogen) atoms. The fraction of sp³-hybridized carbons (Fsp3) is 0.615. The van der Waals surface area contributed by atoms with Crippen molar-refractivity contribution in [3.8, 4) is 0 Å². The van der Waals surface area contributed by atoms with Crippen molar-refractivity contribution in [2.75, 3.05) is 6.54 Å². The minimum Gasteiger partial charge on any atom is -0.481 e. The summed E-state index contributed by atoms with van der Waals surface area (Å²) >= 11 is 1.55. The number of nitrogens with one attached hydrogen (secondary N) is 1. The fourth-order valence-corrected chi connectivity index (χ4v) is 2.48. The molecule has 0 aliphatic carbocycles. The maximum absolute atomic E-state index is 12.1. The van der Waals surface area contributed by atoms with E-state index in [0.29, 0.717) is 19.5 Å². The predicted octanol–water partition coefficient (Wildman–Crippen LogP) is 2.24. The van der Waals surface area contributed by atoms with Crippen molar-refractivity contribution < 1.29 is 14.7 Å². The number of hydrogen-bond acceptors (Lipinski definition) is 4. The Morgan fingerprint density at radius 3 is 2.70 bits per heavy atom. The van der Waals surface area contributed by atoms with Gasteiger partial charge in [-0.1, -0.05) is 0 Å². The normalized spacial score (nSPS) is 10.6. The van der Waals surface area contributed by atoms with Crippen LogP contribution in [-0.2, 0) is 11.3 Å². The van der Waals surface area contributed by atoms with Gasteiger partial charge in [0.15, 0.2) is 0 Å². The Hall–Kier alpha value is -1.63. The number of hydrogen-bond donors (Lipinski definition) is 2. The molecule has 0 radical (unpaired) electrons. The van der Waals surface area contributed by atoms with E-state index in [1.165, 1.54) is 0 Å². The zero-order valence-corrected chi connectivity index (χ0v) is 12.9. The van der Waals surface area contributed by atoms with Crippen molar-refractivity contribution in [2.24, 2.45) is 0 Å². The van der Waals surface area contributed by atoms with E-state index in [0.717, 1.165) is 9.88 Å². The average molecular weight is 299 g/mol. The van der Waals surface area contributed by atoms with Crippen LogP contribution >= 0.6 is 11.3 Å². The second kappa shape index (κ2) is 7.84. The highest BCUT2D eigenvalue weighted by Gasteiger charge is 2.16. The topological polar surface area (TPSA) is 82.5 Å². The van der Waals surface area contributed by atoms with Crippen LogP contribution in [0.4, 0.5) is 4.79 Å². The summed E-state index contributed by atoms with van der Waals surface area (Å²) in [6.07, 6.45) is 2.29. The first kappa shape index (κ1) is 16.4. The summed E-state index contributed by atoms with van der Waals surface area (Å²) in [4.78, 5) is 29.4. The van der Waals surface area contributed by atoms with Gasteiger partial charge in [0.25, 0.3) is 0 Å². The fourth-order valence-electron chi connectivity index (χ4n) is 1.75. The first-order valence-corrected chi connectivity index (χ1v) is 7.39. The number of urea groups is 1. The Morgan fingerprint density at radius 1 is 1.50 bits per heavy atom. The Morgan fingerprint density at radius 2 is 2.20 bits per heavy atom. The standard InChI is InChI=1S/C13H21N3O3S/c1-9(2)16(6-4-5-12(17)18)13(19)15-8-11-7-14-10(3)20-11/h7,9H,4-6,8H2,1-3H3,(H,15,19)(H,17,18). The molecule has 2 amide bonds. The van der Waals surface area contributed by atoms with Crippen molar-refractivity contribution in [1.29, 1.82) is 0 Å². The van der Waals surface area contributed by atoms with Crippen LogP contribution in [0.1, 0.15) is 36.6 Å². The summed E-state index contributed by atoms with van der Waals surface area (Å²) in [5.41, 5.74) is 0. The quantitative estimate of drug-likeness (QED) is 0.809. The molecule has 1 aromatic heterocycles. The summed E-state index contributed by atoms with van der Waals surface area (Å²) < 4.78 is 0. The molecule has 0 unspecified atom stereocenters. The van der Waals surface area contributed by atoms with E-state index in [-0.39, 0.29) is 18.5 Å². The minimum atomic E-state index is -0.839. The number of aliphatic carboxylic acids is 1. The van der Waals surface area contributed by atoms with Gasteiger partial charge < -0.3 is 15.3 Å². The van der Waals surface area contributed by atoms with Crippen LogP contribution in [0.3, 0.4) is 0 Å². The molecule has 0 bridgehead atoms. The maximum Gasteiger partial charge on any atom is 0.317 e. The number of thiazole rings is 1. The van der Waals surface area contributed by atoms with E-state index < -0.39 is 5.97 Å². The van der Waals surface area contributed by atoms with Crippen LogP contribution in [-0.4, -0.2) is 39.6 Å². The van der Waals surface area contributed by atoms with Gasteiger partial charge in [0.2, 0.25) is 0 Å². The molecule has 0 atom stereocenters. The maximum atomic E-state index is 12.1. The highest BCUT2D eigenvalue weighted by molar-refractivity contribution is 7.11. The zero-order valence-electron chi connectivity index (χ0n) is 12.0. The number of aryl methyl sites for hydroxylation is 1. The van der Waals surface area contributed by atoms with Gasteiger partial charge in [-0.2, -0.15) is 0 Å². The first-order chi connectivity index (χ1) is 9.40. The van der Waals surface area contributed by atoms with Gasteiger partial charge in [-0.15, -0.1) is 11.3 Å². The average Bonchev–Trinajstić information content (AvgIpc) is 2.77. The van der Waals surface area contributed by atoms with Gasteiger partial charge in [-0.05, 0) is 27.2 Å². The summed E-state index contributed by atoms with van der Waals surface area (Å²) in [6.45, 7) is 6.64. The van der Waals surface area contributed by atoms with E-state index >= 15 is 0 Å². The summed E-state index contributed by atoms with van der Waals surface area (Å²) in [7, 11) is 0. The predicted molar refractivity (Wildman–Crippen MR) is 77.8 cm³/mol. The molecule has 0 saturated heterocycles. The molecule has 7 heteroatoms. The van der Waals surface area contributed by atoms with Crippen LogP contribution in [0.15, 0.2) is 6.20 Å². The highest BCUT2D eigenvalue weighted by Crippen LogP contribution is 2.11. The number of carbonyl (C=O) groups excluding carboxylic acids is 1. The van der Waals surface area contributed by atoms with Crippen LogP contribution in [0, 0.1) is 6.92 Å². The minimum absolute atomic E-state index is 0.0343. The van der Waals surface area contributed by atoms with Crippen molar-refractivity contribution in [2.45, 2.75) is 46.2 Å². The molecular weight excluding hydrogens is 278 g/mol. The van der Waals surface area contributed by atoms with E-state index in [4.69, 9.17) is 5.11 Å². The van der Waals surface area contributed by atoms with Crippen molar-refractivity contribution in [3.05, 3.63) is 16.1 Å². The van der Waals surface area contributed by atoms with Gasteiger partial charge in [0.05, 0.1) is 11.6 Å². The molecule has 112 valence electrons. The van der Waals surface area contributed by atoms with Gasteiger partial charge in [0.1, 0.15) is 0 Å². The summed E-state index contributed by atoms with van der Waals surface area (Å²) in [5, 5.41) is 12.4. The molecule has 0 spiro atoms. The van der Waals surface area contributed by atoms with E-state index in [9.17, 15) is 9.59 Å². The smallest absolute Gasteiger partial charge is 0.317 e. The van der Waals surface area contributed by atoms with E-state index in [2.05, 4.69) is 10.3 Å². The number of amides is 2. The summed E-state index contributed by atoms with van der Waals surface area (Å²) in [6, 6.07) is -0.136. The Kier molecular flexibility index (Phi) is 6.44. The van der Waals surface area contributed by atoms with Crippen LogP contribution < -0.4 is 5.32 Å². The van der Waals surface area contributed by atoms with Crippen LogP contribution in [0.2, 0.25) is 0 Å². The molecule has 1 heterocycles. The second-order valence-corrected chi connectivity index (χ2v) is 6.11. The van der Waals surface area contributed by atoms with Crippen LogP contribution in [0.25, 0.3) is 0 Å². The molecular formula is C13H21N3O3S. The number of nitrogens with zero attached hydrogens (tertiary/aromatic N) is 2. The Labute approximate surface area is 122 Å². The molecule has 0 aliphatic rings. The van der Waals surface area contributed by atoms with Crippen molar-refractivity contribution in [1.82, 2.24) is 15.2 Å². The van der Waals surface area contributed by atoms with E-state index in [1.807, 2.05) is 20.8 Å². The lowest BCUT2D eigenvalue weighted by Crippen LogP contribution is -2.44. The van der Waals surface area contributed by atoms with Crippen molar-refractivity contribution in [3.63, 3.8) is 0 Å². The molecule has 6 nitrogen and oxygen atoms in total. The number of carbonyl (C=O) groups is 2. The monoisotopic (exact) mass is 299 g/mol. The largest absolute Gasteiger partial charge is 0.481 e. The summed E-state index contributed by atoms with van der Waals surface area (Å²) in [5.74, 6) is -0.839. The zero-order chi connectivity index (χ0) is 15.1. The lowest BCUT2D eigenvalue weighted by molar-refractivity contribution is -0.137. The van der Waals surface area contributed by atoms with Crippen LogP contribution in [0.5, 0.6) is 0 Å². The molecule has 1 aromatic rings. The molecule has 2 N–H and O–H groups in total. The van der Waals surface area contributed by atoms with Gasteiger partial charge in [-0.25, -0.2) is 9.78 Å². The third-order valence-electron chi connectivity index (χ3n) is 2.76. The van der Waals surface area contributed by atoms with Gasteiger partial charge >= 0.3 is 12.0 Å². The molecule has 0 aromatic carbocycles. The van der Waals surface area contributed by atoms with Gasteiger partial charge in [-0.3, -0.25) is 4.79 Å². The lowest BCUT2D eigenvalue weighted by atomic mass is 10.2. The Bertz CT molecular complexity index is 459. The molecule has 0 saturated carbocycles. The molecule has 1 rings (SSSR count). The molecule has 0 fully saturated rings. The SMILES string of the molecule is Cc1ncc(CNC(=O)N(CCCC(=O)O)C(C)C)s1. The highest BCUT2D eigenvalue weighted by atomic mass is 32.1. The first-order valence-electron chi connectivity index (χ1n) is 6.57. The van der Waals surface area contributed by atoms with Crippen molar-refractivity contribution >= 4 is 23.3 Å². The number of carboxylic acid groups (broad SMARTS) is 1. The second-order valence-electron chi connectivity index (χ2n) is 4.79. The number of carboxylic acids is 1. The van der Waals surface area contributed by atoms with E-state index in [1.54, 1.807) is 22.4 Å². The Balaban J connectivity index is 2.45.